The number of amides is 1. The molecule has 2 aliphatic rings. The summed E-state index contributed by atoms with van der Waals surface area (Å²) >= 11 is 0. The SMILES string of the molecule is COc1ccc(C)cc1CN1CCN([C@@H](C(=O)NC2CC2)c2ccccc2)CC1. The second kappa shape index (κ2) is 8.97. The Bertz CT molecular complexity index is 827. The second-order valence-corrected chi connectivity index (χ2v) is 8.22. The van der Waals surface area contributed by atoms with E-state index in [1.54, 1.807) is 7.11 Å². The van der Waals surface area contributed by atoms with Crippen molar-refractivity contribution in [1.82, 2.24) is 15.1 Å². The summed E-state index contributed by atoms with van der Waals surface area (Å²) in [4.78, 5) is 17.8. The zero-order chi connectivity index (χ0) is 20.2. The van der Waals surface area contributed by atoms with Gasteiger partial charge in [-0.05, 0) is 31.4 Å². The lowest BCUT2D eigenvalue weighted by Gasteiger charge is -2.39. The molecule has 2 aromatic carbocycles. The van der Waals surface area contributed by atoms with Gasteiger partial charge in [0.25, 0.3) is 0 Å². The second-order valence-electron chi connectivity index (χ2n) is 8.22. The molecule has 1 amide bonds. The number of methoxy groups -OCH3 is 1. The highest BCUT2D eigenvalue weighted by Gasteiger charge is 2.33. The number of aryl methyl sites for hydroxylation is 1. The monoisotopic (exact) mass is 393 g/mol. The van der Waals surface area contributed by atoms with Gasteiger partial charge in [0, 0.05) is 44.3 Å². The van der Waals surface area contributed by atoms with Crippen molar-refractivity contribution in [2.24, 2.45) is 0 Å². The Labute approximate surface area is 173 Å². The number of ether oxygens (including phenoxy) is 1. The van der Waals surface area contributed by atoms with Crippen LogP contribution in [0, 0.1) is 6.92 Å². The highest BCUT2D eigenvalue weighted by molar-refractivity contribution is 5.83. The van der Waals surface area contributed by atoms with E-state index in [1.165, 1.54) is 11.1 Å². The standard InChI is InChI=1S/C24H31N3O2/c1-18-8-11-22(29-2)20(16-18)17-26-12-14-27(15-13-26)23(19-6-4-3-5-7-19)24(28)25-21-9-10-21/h3-8,11,16,21,23H,9-10,12-15,17H2,1-2H3,(H,25,28)/t23-/m1/s1. The summed E-state index contributed by atoms with van der Waals surface area (Å²) in [5.74, 6) is 1.09. The minimum Gasteiger partial charge on any atom is -0.496 e. The lowest BCUT2D eigenvalue weighted by atomic mass is 10.0. The van der Waals surface area contributed by atoms with Gasteiger partial charge in [-0.25, -0.2) is 0 Å². The van der Waals surface area contributed by atoms with Gasteiger partial charge in [-0.2, -0.15) is 0 Å². The lowest BCUT2D eigenvalue weighted by Crippen LogP contribution is -2.51. The molecule has 5 heteroatoms. The van der Waals surface area contributed by atoms with Crippen LogP contribution in [0.3, 0.4) is 0 Å². The Hall–Kier alpha value is -2.37. The van der Waals surface area contributed by atoms with Gasteiger partial charge in [0.2, 0.25) is 5.91 Å². The largest absolute Gasteiger partial charge is 0.496 e. The summed E-state index contributed by atoms with van der Waals surface area (Å²) in [5, 5.41) is 3.21. The maximum atomic E-state index is 13.0. The first-order valence-corrected chi connectivity index (χ1v) is 10.6. The zero-order valence-electron chi connectivity index (χ0n) is 17.4. The average molecular weight is 394 g/mol. The molecule has 1 heterocycles. The van der Waals surface area contributed by atoms with Gasteiger partial charge in [-0.3, -0.25) is 14.6 Å². The van der Waals surface area contributed by atoms with E-state index >= 15 is 0 Å². The van der Waals surface area contributed by atoms with Gasteiger partial charge in [-0.15, -0.1) is 0 Å². The molecular weight excluding hydrogens is 362 g/mol. The van der Waals surface area contributed by atoms with Crippen LogP contribution in [0.5, 0.6) is 5.75 Å². The molecule has 1 N–H and O–H groups in total. The fourth-order valence-corrected chi connectivity index (χ4v) is 4.12. The molecule has 1 aliphatic carbocycles. The summed E-state index contributed by atoms with van der Waals surface area (Å²) in [6.45, 7) is 6.64. The van der Waals surface area contributed by atoms with Crippen molar-refractivity contribution < 1.29 is 9.53 Å². The third-order valence-electron chi connectivity index (χ3n) is 5.89. The van der Waals surface area contributed by atoms with E-state index in [-0.39, 0.29) is 11.9 Å². The summed E-state index contributed by atoms with van der Waals surface area (Å²) in [5.41, 5.74) is 3.56. The predicted octanol–water partition coefficient (Wildman–Crippen LogP) is 3.14. The molecule has 1 atom stereocenters. The summed E-state index contributed by atoms with van der Waals surface area (Å²) < 4.78 is 5.54. The molecule has 154 valence electrons. The molecule has 0 spiro atoms. The van der Waals surface area contributed by atoms with E-state index < -0.39 is 0 Å². The van der Waals surface area contributed by atoms with Gasteiger partial charge in [0.15, 0.2) is 0 Å². The minimum atomic E-state index is -0.201. The van der Waals surface area contributed by atoms with Crippen LogP contribution in [0.25, 0.3) is 0 Å². The number of benzene rings is 2. The van der Waals surface area contributed by atoms with E-state index in [0.717, 1.165) is 56.9 Å². The van der Waals surface area contributed by atoms with Crippen LogP contribution in [0.4, 0.5) is 0 Å². The number of nitrogens with zero attached hydrogens (tertiary/aromatic N) is 2. The number of hydrogen-bond acceptors (Lipinski definition) is 4. The smallest absolute Gasteiger partial charge is 0.242 e. The van der Waals surface area contributed by atoms with E-state index in [0.29, 0.717) is 6.04 Å². The molecule has 1 saturated carbocycles. The average Bonchev–Trinajstić information content (AvgIpc) is 3.54. The molecular formula is C24H31N3O2. The first-order valence-electron chi connectivity index (χ1n) is 10.6. The minimum absolute atomic E-state index is 0.146. The molecule has 1 aliphatic heterocycles. The van der Waals surface area contributed by atoms with Gasteiger partial charge >= 0.3 is 0 Å². The fourth-order valence-electron chi connectivity index (χ4n) is 4.12. The van der Waals surface area contributed by atoms with E-state index in [1.807, 2.05) is 18.2 Å². The van der Waals surface area contributed by atoms with Gasteiger partial charge in [-0.1, -0.05) is 48.0 Å². The highest BCUT2D eigenvalue weighted by atomic mass is 16.5. The number of carbonyl (C=O) groups excluding carboxylic acids is 1. The van der Waals surface area contributed by atoms with Crippen LogP contribution in [0.2, 0.25) is 0 Å². The Morgan fingerprint density at radius 3 is 2.48 bits per heavy atom. The van der Waals surface area contributed by atoms with Crippen LogP contribution in [-0.4, -0.2) is 55.0 Å². The molecule has 0 bridgehead atoms. The van der Waals surface area contributed by atoms with Crippen LogP contribution in [0.1, 0.15) is 35.6 Å². The van der Waals surface area contributed by atoms with Crippen molar-refractivity contribution in [1.29, 1.82) is 0 Å². The number of carbonyl (C=O) groups is 1. The van der Waals surface area contributed by atoms with Crippen LogP contribution in [0.15, 0.2) is 48.5 Å². The van der Waals surface area contributed by atoms with Crippen molar-refractivity contribution in [3.05, 3.63) is 65.2 Å². The first-order chi connectivity index (χ1) is 14.1. The summed E-state index contributed by atoms with van der Waals surface area (Å²) in [6.07, 6.45) is 2.22. The number of piperazine rings is 1. The Morgan fingerprint density at radius 2 is 1.83 bits per heavy atom. The molecule has 0 radical (unpaired) electrons. The summed E-state index contributed by atoms with van der Waals surface area (Å²) in [7, 11) is 1.73. The van der Waals surface area contributed by atoms with Gasteiger partial charge < -0.3 is 10.1 Å². The normalized spacial score (nSPS) is 19.0. The molecule has 5 nitrogen and oxygen atoms in total. The van der Waals surface area contributed by atoms with Crippen LogP contribution >= 0.6 is 0 Å². The predicted molar refractivity (Wildman–Crippen MR) is 115 cm³/mol. The highest BCUT2D eigenvalue weighted by Crippen LogP contribution is 2.27. The fraction of sp³-hybridized carbons (Fsp3) is 0.458. The Kier molecular flexibility index (Phi) is 6.16. The molecule has 0 aromatic heterocycles. The molecule has 2 aromatic rings. The van der Waals surface area contributed by atoms with Crippen molar-refractivity contribution >= 4 is 5.91 Å². The van der Waals surface area contributed by atoms with Gasteiger partial charge in [0.1, 0.15) is 11.8 Å². The third-order valence-corrected chi connectivity index (χ3v) is 5.89. The van der Waals surface area contributed by atoms with Crippen LogP contribution in [-0.2, 0) is 11.3 Å². The molecule has 2 fully saturated rings. The van der Waals surface area contributed by atoms with Crippen molar-refractivity contribution in [2.75, 3.05) is 33.3 Å². The zero-order valence-corrected chi connectivity index (χ0v) is 17.4. The van der Waals surface area contributed by atoms with E-state index in [9.17, 15) is 4.79 Å². The van der Waals surface area contributed by atoms with Crippen LogP contribution < -0.4 is 10.1 Å². The van der Waals surface area contributed by atoms with Gasteiger partial charge in [0.05, 0.1) is 7.11 Å². The van der Waals surface area contributed by atoms with E-state index in [4.69, 9.17) is 4.74 Å². The van der Waals surface area contributed by atoms with Crippen molar-refractivity contribution in [2.45, 2.75) is 38.4 Å². The molecule has 0 unspecified atom stereocenters. The quantitative estimate of drug-likeness (QED) is 0.785. The molecule has 29 heavy (non-hydrogen) atoms. The maximum Gasteiger partial charge on any atom is 0.242 e. The van der Waals surface area contributed by atoms with E-state index in [2.05, 4.69) is 52.4 Å². The number of hydrogen-bond donors (Lipinski definition) is 1. The lowest BCUT2D eigenvalue weighted by molar-refractivity contribution is -0.127. The molecule has 1 saturated heterocycles. The topological polar surface area (TPSA) is 44.8 Å². The Balaban J connectivity index is 1.42. The van der Waals surface area contributed by atoms with Crippen molar-refractivity contribution in [3.8, 4) is 5.75 Å². The Morgan fingerprint density at radius 1 is 1.10 bits per heavy atom. The first kappa shape index (κ1) is 19.9. The third kappa shape index (κ3) is 4.98. The maximum absolute atomic E-state index is 13.0. The summed E-state index contributed by atoms with van der Waals surface area (Å²) in [6, 6.07) is 16.7. The number of rotatable bonds is 7. The molecule has 4 rings (SSSR count). The van der Waals surface area contributed by atoms with Crippen molar-refractivity contribution in [3.63, 3.8) is 0 Å². The number of nitrogens with one attached hydrogen (secondary N) is 1.